The number of fused-ring (bicyclic) bond motifs is 1. The van der Waals surface area contributed by atoms with E-state index in [0.717, 1.165) is 27.7 Å². The number of hydrogen-bond donors (Lipinski definition) is 1. The Labute approximate surface area is 119 Å². The summed E-state index contributed by atoms with van der Waals surface area (Å²) in [5, 5.41) is 4.40. The van der Waals surface area contributed by atoms with Crippen molar-refractivity contribution in [1.29, 1.82) is 0 Å². The molecule has 0 bridgehead atoms. The van der Waals surface area contributed by atoms with Gasteiger partial charge in [0.25, 0.3) is 0 Å². The highest BCUT2D eigenvalue weighted by Gasteiger charge is 2.02. The SMILES string of the molecule is Brc1ccc(CNc2ncnc3ccccc23)cc1. The highest BCUT2D eigenvalue weighted by atomic mass is 79.9. The molecule has 3 rings (SSSR count). The van der Waals surface area contributed by atoms with Gasteiger partial charge in [-0.05, 0) is 29.8 Å². The molecular formula is C15H12BrN3. The van der Waals surface area contributed by atoms with Gasteiger partial charge in [0, 0.05) is 16.4 Å². The summed E-state index contributed by atoms with van der Waals surface area (Å²) in [6, 6.07) is 16.2. The predicted molar refractivity (Wildman–Crippen MR) is 81.0 cm³/mol. The monoisotopic (exact) mass is 313 g/mol. The van der Waals surface area contributed by atoms with E-state index in [1.165, 1.54) is 5.56 Å². The van der Waals surface area contributed by atoms with Gasteiger partial charge in [-0.3, -0.25) is 0 Å². The minimum Gasteiger partial charge on any atom is -0.365 e. The van der Waals surface area contributed by atoms with Gasteiger partial charge in [0.05, 0.1) is 5.52 Å². The van der Waals surface area contributed by atoms with Gasteiger partial charge in [-0.1, -0.05) is 40.2 Å². The van der Waals surface area contributed by atoms with E-state index in [2.05, 4.69) is 43.3 Å². The molecule has 0 saturated carbocycles. The third-order valence-corrected chi connectivity index (χ3v) is 3.44. The van der Waals surface area contributed by atoms with Gasteiger partial charge in [0.1, 0.15) is 12.1 Å². The van der Waals surface area contributed by atoms with Crippen molar-refractivity contribution in [3.05, 3.63) is 64.9 Å². The van der Waals surface area contributed by atoms with Crippen LogP contribution in [-0.4, -0.2) is 9.97 Å². The van der Waals surface area contributed by atoms with Crippen molar-refractivity contribution in [2.45, 2.75) is 6.54 Å². The number of para-hydroxylation sites is 1. The summed E-state index contributed by atoms with van der Waals surface area (Å²) in [5.41, 5.74) is 2.17. The average Bonchev–Trinajstić information content (AvgIpc) is 2.47. The zero-order valence-electron chi connectivity index (χ0n) is 10.2. The summed E-state index contributed by atoms with van der Waals surface area (Å²) in [6.45, 7) is 0.744. The molecule has 0 aliphatic rings. The van der Waals surface area contributed by atoms with E-state index in [4.69, 9.17) is 0 Å². The summed E-state index contributed by atoms with van der Waals surface area (Å²) in [4.78, 5) is 8.56. The Morgan fingerprint density at radius 1 is 0.947 bits per heavy atom. The van der Waals surface area contributed by atoms with Gasteiger partial charge in [-0.2, -0.15) is 0 Å². The molecule has 1 aromatic heterocycles. The van der Waals surface area contributed by atoms with Crippen molar-refractivity contribution in [1.82, 2.24) is 9.97 Å². The van der Waals surface area contributed by atoms with Gasteiger partial charge in [-0.15, -0.1) is 0 Å². The maximum atomic E-state index is 4.31. The van der Waals surface area contributed by atoms with Crippen molar-refractivity contribution < 1.29 is 0 Å². The predicted octanol–water partition coefficient (Wildman–Crippen LogP) is 4.00. The summed E-state index contributed by atoms with van der Waals surface area (Å²) >= 11 is 3.43. The van der Waals surface area contributed by atoms with E-state index in [9.17, 15) is 0 Å². The normalized spacial score (nSPS) is 10.6. The van der Waals surface area contributed by atoms with Crippen molar-refractivity contribution >= 4 is 32.7 Å². The van der Waals surface area contributed by atoms with Gasteiger partial charge in [0.15, 0.2) is 0 Å². The summed E-state index contributed by atoms with van der Waals surface area (Å²) < 4.78 is 1.09. The molecule has 94 valence electrons. The van der Waals surface area contributed by atoms with E-state index < -0.39 is 0 Å². The summed E-state index contributed by atoms with van der Waals surface area (Å²) in [6.07, 6.45) is 1.59. The first-order valence-electron chi connectivity index (χ1n) is 6.01. The first-order valence-corrected chi connectivity index (χ1v) is 6.80. The molecule has 0 saturated heterocycles. The standard InChI is InChI=1S/C15H12BrN3/c16-12-7-5-11(6-8-12)9-17-15-13-3-1-2-4-14(13)18-10-19-15/h1-8,10H,9H2,(H,17,18,19). The number of anilines is 1. The molecule has 0 unspecified atom stereocenters. The lowest BCUT2D eigenvalue weighted by Crippen LogP contribution is -2.02. The molecule has 4 heteroatoms. The second-order valence-corrected chi connectivity index (χ2v) is 5.14. The number of nitrogens with one attached hydrogen (secondary N) is 1. The Morgan fingerprint density at radius 2 is 1.74 bits per heavy atom. The lowest BCUT2D eigenvalue weighted by Gasteiger charge is -2.08. The van der Waals surface area contributed by atoms with Gasteiger partial charge in [0.2, 0.25) is 0 Å². The second-order valence-electron chi connectivity index (χ2n) is 4.22. The molecule has 19 heavy (non-hydrogen) atoms. The minimum atomic E-state index is 0.744. The van der Waals surface area contributed by atoms with E-state index in [0.29, 0.717) is 0 Å². The quantitative estimate of drug-likeness (QED) is 0.794. The molecule has 3 aromatic rings. The lowest BCUT2D eigenvalue weighted by atomic mass is 10.2. The fourth-order valence-electron chi connectivity index (χ4n) is 1.93. The van der Waals surface area contributed by atoms with Crippen LogP contribution in [0.4, 0.5) is 5.82 Å². The Balaban J connectivity index is 1.84. The third-order valence-electron chi connectivity index (χ3n) is 2.92. The van der Waals surface area contributed by atoms with Crippen LogP contribution >= 0.6 is 15.9 Å². The zero-order valence-corrected chi connectivity index (χ0v) is 11.8. The van der Waals surface area contributed by atoms with Gasteiger partial charge >= 0.3 is 0 Å². The molecule has 0 amide bonds. The molecule has 0 aliphatic heterocycles. The first-order chi connectivity index (χ1) is 9.33. The first kappa shape index (κ1) is 12.1. The third kappa shape index (κ3) is 2.74. The molecule has 0 atom stereocenters. The number of benzene rings is 2. The molecule has 0 aliphatic carbocycles. The number of rotatable bonds is 3. The van der Waals surface area contributed by atoms with E-state index >= 15 is 0 Å². The van der Waals surface area contributed by atoms with Crippen LogP contribution in [-0.2, 0) is 6.54 Å². The zero-order chi connectivity index (χ0) is 13.1. The smallest absolute Gasteiger partial charge is 0.137 e. The second kappa shape index (κ2) is 5.36. The molecule has 1 N–H and O–H groups in total. The topological polar surface area (TPSA) is 37.8 Å². The van der Waals surface area contributed by atoms with E-state index in [-0.39, 0.29) is 0 Å². The lowest BCUT2D eigenvalue weighted by molar-refractivity contribution is 1.10. The average molecular weight is 314 g/mol. The van der Waals surface area contributed by atoms with Crippen LogP contribution in [0, 0.1) is 0 Å². The van der Waals surface area contributed by atoms with Crippen LogP contribution in [0.25, 0.3) is 10.9 Å². The van der Waals surface area contributed by atoms with Crippen LogP contribution < -0.4 is 5.32 Å². The molecule has 0 radical (unpaired) electrons. The number of halogens is 1. The molecule has 3 nitrogen and oxygen atoms in total. The van der Waals surface area contributed by atoms with Crippen LogP contribution in [0.1, 0.15) is 5.56 Å². The van der Waals surface area contributed by atoms with E-state index in [1.54, 1.807) is 6.33 Å². The van der Waals surface area contributed by atoms with Crippen LogP contribution in [0.15, 0.2) is 59.3 Å². The Kier molecular flexibility index (Phi) is 3.42. The fraction of sp³-hybridized carbons (Fsp3) is 0.0667. The Bertz CT molecular complexity index is 690. The van der Waals surface area contributed by atoms with Crippen molar-refractivity contribution in [3.63, 3.8) is 0 Å². The maximum Gasteiger partial charge on any atom is 0.137 e. The molecule has 0 fully saturated rings. The largest absolute Gasteiger partial charge is 0.365 e. The van der Waals surface area contributed by atoms with Crippen LogP contribution in [0.3, 0.4) is 0 Å². The Hall–Kier alpha value is -1.94. The minimum absolute atomic E-state index is 0.744. The summed E-state index contributed by atoms with van der Waals surface area (Å²) in [7, 11) is 0. The maximum absolute atomic E-state index is 4.31. The Morgan fingerprint density at radius 3 is 2.58 bits per heavy atom. The molecule has 0 spiro atoms. The highest BCUT2D eigenvalue weighted by molar-refractivity contribution is 9.10. The highest BCUT2D eigenvalue weighted by Crippen LogP contribution is 2.19. The van der Waals surface area contributed by atoms with E-state index in [1.807, 2.05) is 36.4 Å². The van der Waals surface area contributed by atoms with Crippen LogP contribution in [0.2, 0.25) is 0 Å². The molecular weight excluding hydrogens is 302 g/mol. The van der Waals surface area contributed by atoms with Gasteiger partial charge in [-0.25, -0.2) is 9.97 Å². The number of aromatic nitrogens is 2. The van der Waals surface area contributed by atoms with Gasteiger partial charge < -0.3 is 5.32 Å². The van der Waals surface area contributed by atoms with Crippen molar-refractivity contribution in [2.75, 3.05) is 5.32 Å². The van der Waals surface area contributed by atoms with Crippen molar-refractivity contribution in [2.24, 2.45) is 0 Å². The number of nitrogens with zero attached hydrogens (tertiary/aromatic N) is 2. The van der Waals surface area contributed by atoms with Crippen molar-refractivity contribution in [3.8, 4) is 0 Å². The summed E-state index contributed by atoms with van der Waals surface area (Å²) in [5.74, 6) is 0.869. The molecule has 2 aromatic carbocycles. The van der Waals surface area contributed by atoms with Crippen LogP contribution in [0.5, 0.6) is 0 Å². The fourth-order valence-corrected chi connectivity index (χ4v) is 2.20. The number of hydrogen-bond acceptors (Lipinski definition) is 3. The molecule has 1 heterocycles.